The molecule has 1 atom stereocenters. The van der Waals surface area contributed by atoms with Crippen LogP contribution in [0.1, 0.15) is 35.7 Å². The molecule has 2 aromatic heterocycles. The number of fused-ring (bicyclic) bond motifs is 1. The molecule has 0 spiro atoms. The molecule has 1 fully saturated rings. The number of hydrogen-bond donors (Lipinski definition) is 0. The number of nitrogens with zero attached hydrogens (tertiary/aromatic N) is 4. The lowest BCUT2D eigenvalue weighted by Gasteiger charge is -2.28. The van der Waals surface area contributed by atoms with E-state index in [4.69, 9.17) is 4.98 Å². The maximum Gasteiger partial charge on any atom is 0.243 e. The second kappa shape index (κ2) is 8.88. The van der Waals surface area contributed by atoms with Crippen molar-refractivity contribution in [3.8, 4) is 0 Å². The lowest BCUT2D eigenvalue weighted by Crippen LogP contribution is -2.40. The van der Waals surface area contributed by atoms with Crippen molar-refractivity contribution in [3.05, 3.63) is 83.7 Å². The van der Waals surface area contributed by atoms with Crippen molar-refractivity contribution in [1.29, 1.82) is 0 Å². The number of aromatic nitrogens is 2. The van der Waals surface area contributed by atoms with E-state index < -0.39 is 0 Å². The minimum absolute atomic E-state index is 0.103. The summed E-state index contributed by atoms with van der Waals surface area (Å²) in [7, 11) is 2.08. The minimum Gasteiger partial charge on any atom is -0.353 e. The number of amides is 1. The number of para-hydroxylation sites is 1. The molecule has 32 heavy (non-hydrogen) atoms. The van der Waals surface area contributed by atoms with Gasteiger partial charge in [-0.3, -0.25) is 14.6 Å². The van der Waals surface area contributed by atoms with Crippen molar-refractivity contribution >= 4 is 32.6 Å². The molecule has 0 radical (unpaired) electrons. The Kier molecular flexibility index (Phi) is 5.81. The van der Waals surface area contributed by atoms with Crippen LogP contribution in [0.3, 0.4) is 0 Å². The van der Waals surface area contributed by atoms with Crippen molar-refractivity contribution in [1.82, 2.24) is 14.5 Å². The molecular formula is C26H28N4OS. The Morgan fingerprint density at radius 1 is 1.12 bits per heavy atom. The van der Waals surface area contributed by atoms with E-state index >= 15 is 0 Å². The van der Waals surface area contributed by atoms with Gasteiger partial charge in [-0.15, -0.1) is 0 Å². The standard InChI is InChI=1S/C26H28N4OS/c1-19-9-6-14-23-25(19)27-26(32-23)30(17-20-10-4-3-5-11-20)24(31)18-29-16-8-13-22(29)21-12-7-15-28(21)2/h3-7,9-12,14-15,22H,8,13,16-18H2,1-2H3/t22-/m1/s1. The monoisotopic (exact) mass is 444 g/mol. The van der Waals surface area contributed by atoms with Crippen LogP contribution in [0, 0.1) is 6.92 Å². The highest BCUT2D eigenvalue weighted by atomic mass is 32.1. The Morgan fingerprint density at radius 2 is 1.97 bits per heavy atom. The largest absolute Gasteiger partial charge is 0.353 e. The van der Waals surface area contributed by atoms with Crippen molar-refractivity contribution in [2.45, 2.75) is 32.4 Å². The Bertz CT molecular complexity index is 1230. The fourth-order valence-corrected chi connectivity index (χ4v) is 5.71. The molecule has 1 saturated heterocycles. The van der Waals surface area contributed by atoms with Gasteiger partial charge in [0.1, 0.15) is 0 Å². The number of anilines is 1. The number of rotatable bonds is 6. The summed E-state index contributed by atoms with van der Waals surface area (Å²) < 4.78 is 3.29. The van der Waals surface area contributed by atoms with E-state index in [2.05, 4.69) is 72.1 Å². The second-order valence-electron chi connectivity index (χ2n) is 8.56. The summed E-state index contributed by atoms with van der Waals surface area (Å²) in [5.74, 6) is 0.103. The summed E-state index contributed by atoms with van der Waals surface area (Å²) in [6.45, 7) is 3.95. The van der Waals surface area contributed by atoms with Gasteiger partial charge in [-0.2, -0.15) is 0 Å². The predicted molar refractivity (Wildman–Crippen MR) is 131 cm³/mol. The molecular weight excluding hydrogens is 416 g/mol. The van der Waals surface area contributed by atoms with Crippen LogP contribution in [-0.2, 0) is 18.4 Å². The Hall–Kier alpha value is -2.96. The molecule has 0 N–H and O–H groups in total. The Morgan fingerprint density at radius 3 is 2.72 bits per heavy atom. The van der Waals surface area contributed by atoms with Gasteiger partial charge in [0.2, 0.25) is 5.91 Å². The molecule has 1 aliphatic heterocycles. The Balaban J connectivity index is 1.45. The lowest BCUT2D eigenvalue weighted by molar-refractivity contribution is -0.120. The van der Waals surface area contributed by atoms with Crippen LogP contribution < -0.4 is 4.90 Å². The zero-order chi connectivity index (χ0) is 22.1. The van der Waals surface area contributed by atoms with Crippen LogP contribution in [0.15, 0.2) is 66.9 Å². The molecule has 0 bridgehead atoms. The zero-order valence-electron chi connectivity index (χ0n) is 18.6. The van der Waals surface area contributed by atoms with Crippen LogP contribution in [0.5, 0.6) is 0 Å². The van der Waals surface area contributed by atoms with Crippen molar-refractivity contribution < 1.29 is 4.79 Å². The van der Waals surface area contributed by atoms with Gasteiger partial charge >= 0.3 is 0 Å². The number of carbonyl (C=O) groups is 1. The highest BCUT2D eigenvalue weighted by Gasteiger charge is 2.31. The minimum atomic E-state index is 0.103. The van der Waals surface area contributed by atoms with Crippen LogP contribution >= 0.6 is 11.3 Å². The maximum absolute atomic E-state index is 13.7. The number of thiazole rings is 1. The summed E-state index contributed by atoms with van der Waals surface area (Å²) in [6.07, 6.45) is 4.28. The van der Waals surface area contributed by atoms with E-state index in [0.29, 0.717) is 13.1 Å². The number of likely N-dealkylation sites (tertiary alicyclic amines) is 1. The predicted octanol–water partition coefficient (Wildman–Crippen LogP) is 5.31. The van der Waals surface area contributed by atoms with E-state index in [1.165, 1.54) is 5.69 Å². The summed E-state index contributed by atoms with van der Waals surface area (Å²) in [6, 6.07) is 20.9. The zero-order valence-corrected chi connectivity index (χ0v) is 19.4. The highest BCUT2D eigenvalue weighted by molar-refractivity contribution is 7.22. The fourth-order valence-electron chi connectivity index (χ4n) is 4.65. The number of benzene rings is 2. The quantitative estimate of drug-likeness (QED) is 0.404. The number of aryl methyl sites for hydroxylation is 2. The third-order valence-electron chi connectivity index (χ3n) is 6.35. The van der Waals surface area contributed by atoms with Gasteiger partial charge < -0.3 is 4.57 Å². The summed E-state index contributed by atoms with van der Waals surface area (Å²) >= 11 is 1.60. The van der Waals surface area contributed by atoms with Gasteiger partial charge in [0.25, 0.3) is 0 Å². The molecule has 5 nitrogen and oxygen atoms in total. The average molecular weight is 445 g/mol. The number of hydrogen-bond acceptors (Lipinski definition) is 4. The molecule has 0 aliphatic carbocycles. The third-order valence-corrected chi connectivity index (χ3v) is 7.40. The molecule has 3 heterocycles. The van der Waals surface area contributed by atoms with Crippen molar-refractivity contribution in [2.75, 3.05) is 18.0 Å². The molecule has 164 valence electrons. The van der Waals surface area contributed by atoms with E-state index in [1.54, 1.807) is 11.3 Å². The van der Waals surface area contributed by atoms with Gasteiger partial charge in [0, 0.05) is 18.9 Å². The summed E-state index contributed by atoms with van der Waals surface area (Å²) in [5, 5.41) is 0.776. The number of carbonyl (C=O) groups excluding carboxylic acids is 1. The SMILES string of the molecule is Cc1cccc2sc(N(Cc3ccccc3)C(=O)CN3CCC[C@@H]3c3cccn3C)nc12. The molecule has 0 unspecified atom stereocenters. The second-order valence-corrected chi connectivity index (χ2v) is 9.57. The smallest absolute Gasteiger partial charge is 0.243 e. The first-order chi connectivity index (χ1) is 15.6. The van der Waals surface area contributed by atoms with E-state index in [9.17, 15) is 4.79 Å². The van der Waals surface area contributed by atoms with E-state index in [-0.39, 0.29) is 11.9 Å². The van der Waals surface area contributed by atoms with Crippen LogP contribution in [0.25, 0.3) is 10.2 Å². The van der Waals surface area contributed by atoms with Gasteiger partial charge in [-0.05, 0) is 55.6 Å². The van der Waals surface area contributed by atoms with Gasteiger partial charge in [0.15, 0.2) is 5.13 Å². The normalized spacial score (nSPS) is 16.6. The molecule has 0 saturated carbocycles. The van der Waals surface area contributed by atoms with E-state index in [1.807, 2.05) is 23.1 Å². The summed E-state index contributed by atoms with van der Waals surface area (Å²) in [4.78, 5) is 22.8. The molecule has 4 aromatic rings. The van der Waals surface area contributed by atoms with Crippen molar-refractivity contribution in [2.24, 2.45) is 7.05 Å². The lowest BCUT2D eigenvalue weighted by atomic mass is 10.1. The van der Waals surface area contributed by atoms with Gasteiger partial charge in [-0.1, -0.05) is 53.8 Å². The first-order valence-electron chi connectivity index (χ1n) is 11.2. The molecule has 2 aromatic carbocycles. The topological polar surface area (TPSA) is 41.4 Å². The van der Waals surface area contributed by atoms with Gasteiger partial charge in [-0.25, -0.2) is 4.98 Å². The third kappa shape index (κ3) is 4.08. The first kappa shape index (κ1) is 20.9. The summed E-state index contributed by atoms with van der Waals surface area (Å²) in [5.41, 5.74) is 4.51. The fraction of sp³-hybridized carbons (Fsp3) is 0.308. The molecule has 5 rings (SSSR count). The van der Waals surface area contributed by atoms with Gasteiger partial charge in [0.05, 0.1) is 29.3 Å². The molecule has 1 aliphatic rings. The first-order valence-corrected chi connectivity index (χ1v) is 12.0. The maximum atomic E-state index is 13.7. The molecule has 6 heteroatoms. The van der Waals surface area contributed by atoms with Crippen LogP contribution in [-0.4, -0.2) is 33.4 Å². The Labute approximate surface area is 192 Å². The highest BCUT2D eigenvalue weighted by Crippen LogP contribution is 2.34. The van der Waals surface area contributed by atoms with Crippen molar-refractivity contribution in [3.63, 3.8) is 0 Å². The van der Waals surface area contributed by atoms with Crippen LogP contribution in [0.2, 0.25) is 0 Å². The van der Waals surface area contributed by atoms with Crippen LogP contribution in [0.4, 0.5) is 5.13 Å². The molecule has 1 amide bonds. The van der Waals surface area contributed by atoms with E-state index in [0.717, 1.165) is 45.9 Å². The average Bonchev–Trinajstić information content (AvgIpc) is 3.52.